The van der Waals surface area contributed by atoms with E-state index in [2.05, 4.69) is 5.32 Å². The van der Waals surface area contributed by atoms with E-state index in [1.54, 1.807) is 12.1 Å². The van der Waals surface area contributed by atoms with Crippen molar-refractivity contribution >= 4 is 39.1 Å². The summed E-state index contributed by atoms with van der Waals surface area (Å²) in [7, 11) is -2.48. The molecule has 2 amide bonds. The van der Waals surface area contributed by atoms with Crippen molar-refractivity contribution in [2.24, 2.45) is 0 Å². The Balaban J connectivity index is 1.97. The summed E-state index contributed by atoms with van der Waals surface area (Å²) in [5.74, 6) is -0.456. The largest absolute Gasteiger partial charge is 0.495 e. The number of methoxy groups -OCH3 is 1. The van der Waals surface area contributed by atoms with Gasteiger partial charge in [-0.05, 0) is 49.9 Å². The molecule has 0 radical (unpaired) electrons. The van der Waals surface area contributed by atoms with Gasteiger partial charge in [0.2, 0.25) is 21.8 Å². The average Bonchev–Trinajstić information content (AvgIpc) is 3.34. The quantitative estimate of drug-likeness (QED) is 0.451. The molecule has 1 aliphatic carbocycles. The van der Waals surface area contributed by atoms with Crippen LogP contribution >= 0.6 is 11.6 Å². The Bertz CT molecular complexity index is 1210. The van der Waals surface area contributed by atoms with E-state index in [9.17, 15) is 18.0 Å². The zero-order valence-electron chi connectivity index (χ0n) is 21.9. The first kappa shape index (κ1) is 28.8. The minimum absolute atomic E-state index is 0.0979. The molecule has 1 fully saturated rings. The van der Waals surface area contributed by atoms with Crippen LogP contribution in [0.4, 0.5) is 5.69 Å². The van der Waals surface area contributed by atoms with E-state index in [0.717, 1.165) is 47.4 Å². The highest BCUT2D eigenvalue weighted by Gasteiger charge is 2.33. The Hall–Kier alpha value is -2.78. The summed E-state index contributed by atoms with van der Waals surface area (Å²) in [6, 6.07) is 11.6. The lowest BCUT2D eigenvalue weighted by Crippen LogP contribution is -2.53. The molecule has 0 aliphatic heterocycles. The lowest BCUT2D eigenvalue weighted by Gasteiger charge is -2.33. The van der Waals surface area contributed by atoms with Gasteiger partial charge >= 0.3 is 0 Å². The molecule has 2 aromatic rings. The summed E-state index contributed by atoms with van der Waals surface area (Å²) >= 11 is 6.16. The Morgan fingerprint density at radius 3 is 2.46 bits per heavy atom. The van der Waals surface area contributed by atoms with Crippen molar-refractivity contribution in [3.05, 3.63) is 58.6 Å². The normalized spacial score (nSPS) is 14.7. The fourth-order valence-electron chi connectivity index (χ4n) is 4.75. The monoisotopic (exact) mass is 549 g/mol. The molecule has 8 nitrogen and oxygen atoms in total. The molecule has 0 spiro atoms. The maximum Gasteiger partial charge on any atom is 0.244 e. The van der Waals surface area contributed by atoms with Crippen LogP contribution in [0.1, 0.15) is 50.2 Å². The number of carbonyl (C=O) groups is 2. The van der Waals surface area contributed by atoms with E-state index < -0.39 is 28.5 Å². The molecule has 202 valence electrons. The number of hydrogen-bond acceptors (Lipinski definition) is 5. The first-order valence-electron chi connectivity index (χ1n) is 12.5. The molecule has 1 N–H and O–H groups in total. The SMILES string of the molecule is CC[C@H](C(=O)NC1CCCC1)N(Cc1cccc(C)c1)C(=O)CN(c1cc(Cl)ccc1OC)S(C)(=O)=O. The van der Waals surface area contributed by atoms with Crippen LogP contribution in [0.5, 0.6) is 5.75 Å². The second-order valence-corrected chi connectivity index (χ2v) is 11.9. The number of nitrogens with zero attached hydrogens (tertiary/aromatic N) is 2. The summed E-state index contributed by atoms with van der Waals surface area (Å²) in [5.41, 5.74) is 2.03. The smallest absolute Gasteiger partial charge is 0.244 e. The molecule has 1 atom stereocenters. The third-order valence-corrected chi connectivity index (χ3v) is 7.97. The van der Waals surface area contributed by atoms with Crippen LogP contribution in [0.25, 0.3) is 0 Å². The second-order valence-electron chi connectivity index (χ2n) is 9.51. The number of carbonyl (C=O) groups excluding carboxylic acids is 2. The molecule has 0 unspecified atom stereocenters. The van der Waals surface area contributed by atoms with Gasteiger partial charge in [0.05, 0.1) is 19.1 Å². The highest BCUT2D eigenvalue weighted by atomic mass is 35.5. The molecule has 37 heavy (non-hydrogen) atoms. The number of rotatable bonds is 11. The zero-order valence-corrected chi connectivity index (χ0v) is 23.4. The van der Waals surface area contributed by atoms with Gasteiger partial charge in [-0.3, -0.25) is 13.9 Å². The Labute approximate surface area is 225 Å². The average molecular weight is 550 g/mol. The maximum absolute atomic E-state index is 13.9. The van der Waals surface area contributed by atoms with Crippen LogP contribution in [0.15, 0.2) is 42.5 Å². The van der Waals surface area contributed by atoms with E-state index in [-0.39, 0.29) is 29.9 Å². The molecule has 1 aliphatic rings. The van der Waals surface area contributed by atoms with Gasteiger partial charge in [-0.1, -0.05) is 61.2 Å². The fraction of sp³-hybridized carbons (Fsp3) is 0.481. The van der Waals surface area contributed by atoms with Crippen molar-refractivity contribution in [3.63, 3.8) is 0 Å². The van der Waals surface area contributed by atoms with Gasteiger partial charge in [0, 0.05) is 17.6 Å². The third kappa shape index (κ3) is 7.61. The molecule has 1 saturated carbocycles. The van der Waals surface area contributed by atoms with E-state index in [1.807, 2.05) is 38.1 Å². The molecular weight excluding hydrogens is 514 g/mol. The number of anilines is 1. The number of halogens is 1. The van der Waals surface area contributed by atoms with Gasteiger partial charge < -0.3 is 15.0 Å². The van der Waals surface area contributed by atoms with Crippen LogP contribution in [0.2, 0.25) is 5.02 Å². The number of hydrogen-bond donors (Lipinski definition) is 1. The van der Waals surface area contributed by atoms with Crippen LogP contribution in [-0.2, 0) is 26.2 Å². The summed E-state index contributed by atoms with van der Waals surface area (Å²) in [6.07, 6.45) is 5.39. The van der Waals surface area contributed by atoms with Crippen LogP contribution in [0.3, 0.4) is 0 Å². The topological polar surface area (TPSA) is 96.0 Å². The molecule has 0 heterocycles. The first-order chi connectivity index (χ1) is 17.5. The predicted octanol–water partition coefficient (Wildman–Crippen LogP) is 4.29. The van der Waals surface area contributed by atoms with E-state index >= 15 is 0 Å². The van der Waals surface area contributed by atoms with Crippen molar-refractivity contribution < 1.29 is 22.7 Å². The van der Waals surface area contributed by atoms with Crippen LogP contribution in [-0.4, -0.2) is 57.1 Å². The van der Waals surface area contributed by atoms with Crippen molar-refractivity contribution in [2.45, 2.75) is 64.6 Å². The Kier molecular flexibility index (Phi) is 9.84. The Morgan fingerprint density at radius 1 is 1.16 bits per heavy atom. The highest BCUT2D eigenvalue weighted by Crippen LogP contribution is 2.33. The lowest BCUT2D eigenvalue weighted by molar-refractivity contribution is -0.140. The Morgan fingerprint density at radius 2 is 1.86 bits per heavy atom. The minimum Gasteiger partial charge on any atom is -0.495 e. The number of sulfonamides is 1. The zero-order chi connectivity index (χ0) is 27.2. The standard InChI is InChI=1S/C27H36ClN3O5S/c1-5-23(27(33)29-22-11-6-7-12-22)30(17-20-10-8-9-19(2)15-20)26(32)18-31(37(4,34)35)24-16-21(28)13-14-25(24)36-3/h8-10,13-16,22-23H,5-7,11-12,17-18H2,1-4H3,(H,29,33)/t23-/m1/s1. The summed E-state index contributed by atoms with van der Waals surface area (Å²) in [4.78, 5) is 28.7. The number of aryl methyl sites for hydroxylation is 1. The van der Waals surface area contributed by atoms with Gasteiger partial charge in [0.15, 0.2) is 0 Å². The molecular formula is C27H36ClN3O5S. The molecule has 0 bridgehead atoms. The number of ether oxygens (including phenoxy) is 1. The molecule has 2 aromatic carbocycles. The first-order valence-corrected chi connectivity index (χ1v) is 14.7. The van der Waals surface area contributed by atoms with Crippen LogP contribution < -0.4 is 14.4 Å². The van der Waals surface area contributed by atoms with Gasteiger partial charge in [0.25, 0.3) is 0 Å². The van der Waals surface area contributed by atoms with Gasteiger partial charge in [-0.2, -0.15) is 0 Å². The minimum atomic E-state index is -3.90. The molecule has 10 heteroatoms. The van der Waals surface area contributed by atoms with E-state index in [1.165, 1.54) is 18.1 Å². The number of benzene rings is 2. The lowest BCUT2D eigenvalue weighted by atomic mass is 10.1. The second kappa shape index (κ2) is 12.6. The molecule has 0 saturated heterocycles. The fourth-order valence-corrected chi connectivity index (χ4v) is 5.76. The van der Waals surface area contributed by atoms with Gasteiger partial charge in [-0.15, -0.1) is 0 Å². The number of amides is 2. The molecule has 0 aromatic heterocycles. The third-order valence-electron chi connectivity index (χ3n) is 6.61. The summed E-state index contributed by atoms with van der Waals surface area (Å²) in [6.45, 7) is 3.47. The predicted molar refractivity (Wildman–Crippen MR) is 146 cm³/mol. The van der Waals surface area contributed by atoms with Crippen molar-refractivity contribution in [3.8, 4) is 5.75 Å². The maximum atomic E-state index is 13.9. The summed E-state index contributed by atoms with van der Waals surface area (Å²) in [5, 5.41) is 3.40. The summed E-state index contributed by atoms with van der Waals surface area (Å²) < 4.78 is 32.0. The highest BCUT2D eigenvalue weighted by molar-refractivity contribution is 7.92. The van der Waals surface area contributed by atoms with Crippen molar-refractivity contribution in [1.82, 2.24) is 10.2 Å². The van der Waals surface area contributed by atoms with Crippen LogP contribution in [0, 0.1) is 6.92 Å². The van der Waals surface area contributed by atoms with Crippen molar-refractivity contribution in [2.75, 3.05) is 24.2 Å². The number of nitrogens with one attached hydrogen (secondary N) is 1. The van der Waals surface area contributed by atoms with E-state index in [4.69, 9.17) is 16.3 Å². The van der Waals surface area contributed by atoms with Crippen molar-refractivity contribution in [1.29, 1.82) is 0 Å². The van der Waals surface area contributed by atoms with E-state index in [0.29, 0.717) is 11.4 Å². The van der Waals surface area contributed by atoms with Gasteiger partial charge in [0.1, 0.15) is 18.3 Å². The van der Waals surface area contributed by atoms with Gasteiger partial charge in [-0.25, -0.2) is 8.42 Å². The molecule has 3 rings (SSSR count).